The molecule has 3 heterocycles. The lowest BCUT2D eigenvalue weighted by molar-refractivity contribution is -0.136. The quantitative estimate of drug-likeness (QED) is 0.352. The summed E-state index contributed by atoms with van der Waals surface area (Å²) in [6.45, 7) is 7.09. The van der Waals surface area contributed by atoms with E-state index >= 15 is 0 Å². The number of rotatable bonds is 11. The number of unbranched alkanes of at least 4 members (excludes halogenated alkanes) is 2. The minimum Gasteiger partial charge on any atom is -0.487 e. The maximum Gasteiger partial charge on any atom is 0.325 e. The van der Waals surface area contributed by atoms with Crippen molar-refractivity contribution in [2.75, 3.05) is 26.2 Å². The maximum atomic E-state index is 14.2. The molecule has 3 aliphatic heterocycles. The number of nitrogens with one attached hydrogen (secondary N) is 1. The first-order chi connectivity index (χ1) is 19.3. The molecule has 0 aliphatic carbocycles. The molecule has 216 valence electrons. The molecule has 2 saturated heterocycles. The van der Waals surface area contributed by atoms with Gasteiger partial charge in [-0.3, -0.25) is 9.69 Å². The normalized spacial score (nSPS) is 23.6. The number of benzene rings is 2. The second-order valence-electron chi connectivity index (χ2n) is 12.1. The van der Waals surface area contributed by atoms with Gasteiger partial charge in [-0.15, -0.1) is 0 Å². The number of fused-ring (bicyclic) bond motifs is 2. The average Bonchev–Trinajstić information content (AvgIpc) is 3.21. The van der Waals surface area contributed by atoms with E-state index in [1.165, 1.54) is 4.90 Å². The summed E-state index contributed by atoms with van der Waals surface area (Å²) >= 11 is 0. The topological polar surface area (TPSA) is 82.1 Å². The summed E-state index contributed by atoms with van der Waals surface area (Å²) in [5.41, 5.74) is -0.582. The second-order valence-corrected chi connectivity index (χ2v) is 12.1. The molecule has 1 atom stereocenters. The van der Waals surface area contributed by atoms with Crippen molar-refractivity contribution in [3.63, 3.8) is 0 Å². The van der Waals surface area contributed by atoms with Gasteiger partial charge in [0.25, 0.3) is 5.91 Å². The standard InChI is InChI=1S/C33H45N3O4/c1-3-5-17-31(18-6-4-2)25-33(27-15-10-11-16-28(27)40-31)29(37)36(30(38)34-33)22-12-21-35-23-19-32(39,20-24-35)26-13-8-7-9-14-26/h7-11,13-16,39H,3-6,12,17-25H2,1-2H3,(H,34,38). The summed E-state index contributed by atoms with van der Waals surface area (Å²) in [6, 6.07) is 17.3. The Morgan fingerprint density at radius 2 is 1.52 bits per heavy atom. The number of likely N-dealkylation sites (tertiary alicyclic amines) is 1. The molecule has 2 aromatic carbocycles. The molecule has 5 rings (SSSR count). The Bertz CT molecular complexity index is 1170. The van der Waals surface area contributed by atoms with Crippen molar-refractivity contribution >= 4 is 11.9 Å². The highest BCUT2D eigenvalue weighted by Gasteiger charge is 2.59. The van der Waals surface area contributed by atoms with Crippen molar-refractivity contribution in [2.24, 2.45) is 0 Å². The van der Waals surface area contributed by atoms with E-state index in [1.54, 1.807) is 0 Å². The van der Waals surface area contributed by atoms with Gasteiger partial charge in [-0.05, 0) is 63.1 Å². The zero-order chi connectivity index (χ0) is 28.2. The number of para-hydroxylation sites is 1. The van der Waals surface area contributed by atoms with Crippen molar-refractivity contribution in [3.05, 3.63) is 65.7 Å². The van der Waals surface area contributed by atoms with Crippen LogP contribution in [-0.4, -0.2) is 58.6 Å². The minimum absolute atomic E-state index is 0.150. The van der Waals surface area contributed by atoms with Crippen LogP contribution in [0.1, 0.15) is 89.2 Å². The molecule has 2 aromatic rings. The summed E-state index contributed by atoms with van der Waals surface area (Å²) in [5, 5.41) is 14.3. The number of amides is 3. The molecule has 0 radical (unpaired) electrons. The van der Waals surface area contributed by atoms with Gasteiger partial charge in [0, 0.05) is 31.6 Å². The van der Waals surface area contributed by atoms with Gasteiger partial charge in [-0.2, -0.15) is 0 Å². The summed E-state index contributed by atoms with van der Waals surface area (Å²) in [4.78, 5) is 31.2. The van der Waals surface area contributed by atoms with Crippen LogP contribution in [0.5, 0.6) is 5.75 Å². The van der Waals surface area contributed by atoms with Crippen LogP contribution in [0.3, 0.4) is 0 Å². The van der Waals surface area contributed by atoms with E-state index in [2.05, 4.69) is 24.1 Å². The van der Waals surface area contributed by atoms with Gasteiger partial charge in [0.1, 0.15) is 11.4 Å². The number of urea groups is 1. The number of piperidine rings is 1. The minimum atomic E-state index is -1.08. The lowest BCUT2D eigenvalue weighted by Gasteiger charge is -2.46. The van der Waals surface area contributed by atoms with Crippen LogP contribution in [0.4, 0.5) is 4.79 Å². The molecule has 2 N–H and O–H groups in total. The third-order valence-electron chi connectivity index (χ3n) is 9.26. The number of nitrogens with zero attached hydrogens (tertiary/aromatic N) is 2. The van der Waals surface area contributed by atoms with Crippen LogP contribution < -0.4 is 10.1 Å². The lowest BCUT2D eigenvalue weighted by Crippen LogP contribution is -2.56. The van der Waals surface area contributed by atoms with Crippen molar-refractivity contribution < 1.29 is 19.4 Å². The summed E-state index contributed by atoms with van der Waals surface area (Å²) in [7, 11) is 0. The number of carbonyl (C=O) groups excluding carboxylic acids is 2. The molecule has 2 fully saturated rings. The number of ether oxygens (including phenoxy) is 1. The molecule has 40 heavy (non-hydrogen) atoms. The lowest BCUT2D eigenvalue weighted by atomic mass is 9.72. The molecule has 7 nitrogen and oxygen atoms in total. The zero-order valence-corrected chi connectivity index (χ0v) is 24.2. The predicted molar refractivity (Wildman–Crippen MR) is 156 cm³/mol. The SMILES string of the molecule is CCCCC1(CCCC)CC2(NC(=O)N(CCCN3CCC(O)(c4ccccc4)CC3)C2=O)c2ccccc2O1. The van der Waals surface area contributed by atoms with Crippen molar-refractivity contribution in [2.45, 2.75) is 94.8 Å². The second kappa shape index (κ2) is 11.9. The number of imide groups is 1. The van der Waals surface area contributed by atoms with E-state index in [-0.39, 0.29) is 11.9 Å². The average molecular weight is 548 g/mol. The van der Waals surface area contributed by atoms with Crippen LogP contribution >= 0.6 is 0 Å². The first-order valence-corrected chi connectivity index (χ1v) is 15.3. The van der Waals surface area contributed by atoms with E-state index in [0.717, 1.165) is 75.0 Å². The first-order valence-electron chi connectivity index (χ1n) is 15.3. The maximum absolute atomic E-state index is 14.2. The Morgan fingerprint density at radius 3 is 2.20 bits per heavy atom. The summed E-state index contributed by atoms with van der Waals surface area (Å²) in [5.74, 6) is 0.568. The molecule has 0 bridgehead atoms. The molecule has 1 unspecified atom stereocenters. The van der Waals surface area contributed by atoms with E-state index in [9.17, 15) is 14.7 Å². The van der Waals surface area contributed by atoms with Crippen LogP contribution in [0, 0.1) is 0 Å². The van der Waals surface area contributed by atoms with Crippen LogP contribution in [0.15, 0.2) is 54.6 Å². The molecular weight excluding hydrogens is 502 g/mol. The van der Waals surface area contributed by atoms with Crippen molar-refractivity contribution in [3.8, 4) is 5.75 Å². The van der Waals surface area contributed by atoms with Gasteiger partial charge in [0.2, 0.25) is 0 Å². The molecule has 3 amide bonds. The van der Waals surface area contributed by atoms with Crippen molar-refractivity contribution in [1.82, 2.24) is 15.1 Å². The highest BCUT2D eigenvalue weighted by atomic mass is 16.5. The Morgan fingerprint density at radius 1 is 0.875 bits per heavy atom. The number of aliphatic hydroxyl groups is 1. The van der Waals surface area contributed by atoms with E-state index in [1.807, 2.05) is 54.6 Å². The number of hydrogen-bond donors (Lipinski definition) is 2. The molecule has 3 aliphatic rings. The van der Waals surface area contributed by atoms with Crippen LogP contribution in [0.2, 0.25) is 0 Å². The summed E-state index contributed by atoms with van der Waals surface area (Å²) < 4.78 is 6.69. The molecular formula is C33H45N3O4. The predicted octanol–water partition coefficient (Wildman–Crippen LogP) is 5.71. The third kappa shape index (κ3) is 5.51. The number of hydrogen-bond acceptors (Lipinski definition) is 5. The zero-order valence-electron chi connectivity index (χ0n) is 24.2. The third-order valence-corrected chi connectivity index (χ3v) is 9.26. The molecule has 7 heteroatoms. The molecule has 0 aromatic heterocycles. The van der Waals surface area contributed by atoms with Gasteiger partial charge in [-0.25, -0.2) is 4.79 Å². The Balaban J connectivity index is 1.26. The smallest absolute Gasteiger partial charge is 0.325 e. The molecule has 0 saturated carbocycles. The fraction of sp³-hybridized carbons (Fsp3) is 0.576. The highest BCUT2D eigenvalue weighted by molar-refractivity contribution is 6.08. The van der Waals surface area contributed by atoms with E-state index < -0.39 is 16.7 Å². The van der Waals surface area contributed by atoms with Crippen molar-refractivity contribution in [1.29, 1.82) is 0 Å². The summed E-state index contributed by atoms with van der Waals surface area (Å²) in [6.07, 6.45) is 8.41. The van der Waals surface area contributed by atoms with Gasteiger partial charge in [0.15, 0.2) is 5.54 Å². The van der Waals surface area contributed by atoms with Gasteiger partial charge >= 0.3 is 6.03 Å². The van der Waals surface area contributed by atoms with Crippen LogP contribution in [-0.2, 0) is 15.9 Å². The Hall–Kier alpha value is -2.90. The van der Waals surface area contributed by atoms with Crippen LogP contribution in [0.25, 0.3) is 0 Å². The fourth-order valence-corrected chi connectivity index (χ4v) is 6.93. The Labute approximate surface area is 238 Å². The van der Waals surface area contributed by atoms with E-state index in [4.69, 9.17) is 4.74 Å². The Kier molecular flexibility index (Phi) is 8.52. The molecule has 1 spiro atoms. The highest BCUT2D eigenvalue weighted by Crippen LogP contribution is 2.50. The van der Waals surface area contributed by atoms with E-state index in [0.29, 0.717) is 32.2 Å². The fourth-order valence-electron chi connectivity index (χ4n) is 6.93. The monoisotopic (exact) mass is 547 g/mol. The van der Waals surface area contributed by atoms with Gasteiger partial charge in [-0.1, -0.05) is 75.2 Å². The first kappa shape index (κ1) is 28.6. The van der Waals surface area contributed by atoms with Gasteiger partial charge in [0.05, 0.1) is 5.60 Å². The van der Waals surface area contributed by atoms with Gasteiger partial charge < -0.3 is 20.1 Å². The number of carbonyl (C=O) groups is 2. The largest absolute Gasteiger partial charge is 0.487 e.